The molecule has 0 aliphatic heterocycles. The molecule has 0 spiro atoms. The second kappa shape index (κ2) is 6.23. The van der Waals surface area contributed by atoms with E-state index in [1.54, 1.807) is 24.3 Å². The molecule has 0 fully saturated rings. The van der Waals surface area contributed by atoms with E-state index in [9.17, 15) is 15.0 Å². The summed E-state index contributed by atoms with van der Waals surface area (Å²) >= 11 is 0. The first-order chi connectivity index (χ1) is 11.1. The van der Waals surface area contributed by atoms with Crippen molar-refractivity contribution in [3.63, 3.8) is 0 Å². The first kappa shape index (κ1) is 14.6. The lowest BCUT2D eigenvalue weighted by molar-refractivity contribution is 0.0921. The van der Waals surface area contributed by atoms with Gasteiger partial charge in [-0.2, -0.15) is 0 Å². The van der Waals surface area contributed by atoms with Crippen LogP contribution in [0.25, 0.3) is 11.3 Å². The molecule has 0 saturated carbocycles. The average Bonchev–Trinajstić information content (AvgIpc) is 3.10. The molecular weight excluding hydrogens is 298 g/mol. The third-order valence-electron chi connectivity index (χ3n) is 3.25. The highest BCUT2D eigenvalue weighted by molar-refractivity contribution is 5.97. The number of carbonyl (C=O) groups excluding carboxylic acids is 1. The molecule has 2 aromatic carbocycles. The molecule has 1 heterocycles. The van der Waals surface area contributed by atoms with Gasteiger partial charge in [0.15, 0.2) is 29.6 Å². The van der Waals surface area contributed by atoms with Crippen LogP contribution in [0.3, 0.4) is 0 Å². The number of hydrogen-bond donors (Lipinski definition) is 2. The number of phenols is 2. The van der Waals surface area contributed by atoms with Gasteiger partial charge in [-0.05, 0) is 30.3 Å². The number of carbonyl (C=O) groups is 1. The van der Waals surface area contributed by atoms with Gasteiger partial charge < -0.3 is 19.5 Å². The monoisotopic (exact) mass is 311 g/mol. The summed E-state index contributed by atoms with van der Waals surface area (Å²) in [5.74, 6) is 0.0691. The number of aromatic hydroxyl groups is 2. The average molecular weight is 311 g/mol. The van der Waals surface area contributed by atoms with Crippen LogP contribution in [0.2, 0.25) is 0 Å². The van der Waals surface area contributed by atoms with Crippen molar-refractivity contribution in [2.45, 2.75) is 0 Å². The number of ketones is 1. The van der Waals surface area contributed by atoms with Crippen LogP contribution < -0.4 is 4.74 Å². The molecule has 0 bridgehead atoms. The molecule has 6 nitrogen and oxygen atoms in total. The van der Waals surface area contributed by atoms with Crippen molar-refractivity contribution in [3.05, 3.63) is 60.3 Å². The fraction of sp³-hybridized carbons (Fsp3) is 0.0588. The number of ether oxygens (including phenoxy) is 1. The summed E-state index contributed by atoms with van der Waals surface area (Å²) in [6.07, 6.45) is 1.52. The zero-order valence-corrected chi connectivity index (χ0v) is 12.0. The van der Waals surface area contributed by atoms with E-state index in [-0.39, 0.29) is 29.5 Å². The molecule has 0 saturated heterocycles. The number of aromatic nitrogens is 1. The van der Waals surface area contributed by atoms with E-state index in [1.807, 2.05) is 6.07 Å². The van der Waals surface area contributed by atoms with Crippen LogP contribution in [0.5, 0.6) is 17.2 Å². The molecule has 6 heteroatoms. The van der Waals surface area contributed by atoms with Gasteiger partial charge in [0.25, 0.3) is 0 Å². The second-order valence-corrected chi connectivity index (χ2v) is 4.79. The van der Waals surface area contributed by atoms with Crippen molar-refractivity contribution in [1.82, 2.24) is 5.16 Å². The molecule has 0 aliphatic rings. The van der Waals surface area contributed by atoms with Gasteiger partial charge in [0.1, 0.15) is 5.75 Å². The zero-order valence-electron chi connectivity index (χ0n) is 12.0. The molecular formula is C17H13NO5. The SMILES string of the molecule is O=C(COc1ccccc1-c1ccno1)c1ccc(O)c(O)c1. The van der Waals surface area contributed by atoms with Gasteiger partial charge in [-0.25, -0.2) is 0 Å². The molecule has 1 aromatic heterocycles. The number of phenolic OH excluding ortho intramolecular Hbond substituents is 2. The first-order valence-electron chi connectivity index (χ1n) is 6.83. The van der Waals surface area contributed by atoms with Gasteiger partial charge in [-0.15, -0.1) is 0 Å². The van der Waals surface area contributed by atoms with Crippen molar-refractivity contribution in [2.24, 2.45) is 0 Å². The number of benzene rings is 2. The third kappa shape index (κ3) is 3.16. The first-order valence-corrected chi connectivity index (χ1v) is 6.83. The largest absolute Gasteiger partial charge is 0.504 e. The van der Waals surface area contributed by atoms with Crippen molar-refractivity contribution in [3.8, 4) is 28.6 Å². The topological polar surface area (TPSA) is 92.8 Å². The summed E-state index contributed by atoms with van der Waals surface area (Å²) in [6, 6.07) is 12.7. The van der Waals surface area contributed by atoms with Crippen LogP contribution in [-0.2, 0) is 0 Å². The minimum absolute atomic E-state index is 0.213. The third-order valence-corrected chi connectivity index (χ3v) is 3.25. The predicted molar refractivity (Wildman–Crippen MR) is 81.5 cm³/mol. The lowest BCUT2D eigenvalue weighted by Gasteiger charge is -2.09. The number of rotatable bonds is 5. The quantitative estimate of drug-likeness (QED) is 0.556. The fourth-order valence-electron chi connectivity index (χ4n) is 2.07. The minimum Gasteiger partial charge on any atom is -0.504 e. The van der Waals surface area contributed by atoms with Gasteiger partial charge in [0, 0.05) is 11.6 Å². The molecule has 0 radical (unpaired) electrons. The summed E-state index contributed by atoms with van der Waals surface area (Å²) in [7, 11) is 0. The van der Waals surface area contributed by atoms with Crippen LogP contribution in [0, 0.1) is 0 Å². The number of nitrogens with zero attached hydrogens (tertiary/aromatic N) is 1. The fourth-order valence-corrected chi connectivity index (χ4v) is 2.07. The number of para-hydroxylation sites is 1. The lowest BCUT2D eigenvalue weighted by Crippen LogP contribution is -2.11. The Morgan fingerprint density at radius 1 is 1.09 bits per heavy atom. The van der Waals surface area contributed by atoms with Crippen molar-refractivity contribution in [2.75, 3.05) is 6.61 Å². The van der Waals surface area contributed by atoms with Crippen molar-refractivity contribution in [1.29, 1.82) is 0 Å². The van der Waals surface area contributed by atoms with E-state index in [0.717, 1.165) is 0 Å². The standard InChI is InChI=1S/C17H13NO5/c19-13-6-5-11(9-14(13)20)15(21)10-22-16-4-2-1-3-12(16)17-7-8-18-23-17/h1-9,19-20H,10H2. The summed E-state index contributed by atoms with van der Waals surface area (Å²) < 4.78 is 10.7. The Kier molecular flexibility index (Phi) is 3.97. The predicted octanol–water partition coefficient (Wildman–Crippen LogP) is 3.01. The number of Topliss-reactive ketones (excluding diaryl/α,β-unsaturated/α-hetero) is 1. The maximum Gasteiger partial charge on any atom is 0.200 e. The highest BCUT2D eigenvalue weighted by atomic mass is 16.5. The summed E-state index contributed by atoms with van der Waals surface area (Å²) in [5, 5.41) is 22.4. The maximum atomic E-state index is 12.1. The normalized spacial score (nSPS) is 10.4. The van der Waals surface area contributed by atoms with Crippen LogP contribution in [-0.4, -0.2) is 27.8 Å². The van der Waals surface area contributed by atoms with E-state index in [4.69, 9.17) is 9.26 Å². The van der Waals surface area contributed by atoms with E-state index >= 15 is 0 Å². The second-order valence-electron chi connectivity index (χ2n) is 4.79. The van der Waals surface area contributed by atoms with Crippen molar-refractivity contribution >= 4 is 5.78 Å². The van der Waals surface area contributed by atoms with Gasteiger partial charge in [-0.3, -0.25) is 4.79 Å². The van der Waals surface area contributed by atoms with E-state index in [0.29, 0.717) is 17.1 Å². The van der Waals surface area contributed by atoms with Gasteiger partial charge in [0.2, 0.25) is 0 Å². The summed E-state index contributed by atoms with van der Waals surface area (Å²) in [6.45, 7) is -0.213. The van der Waals surface area contributed by atoms with Gasteiger partial charge >= 0.3 is 0 Å². The van der Waals surface area contributed by atoms with E-state index in [2.05, 4.69) is 5.16 Å². The lowest BCUT2D eigenvalue weighted by atomic mass is 10.1. The Bertz CT molecular complexity index is 827. The van der Waals surface area contributed by atoms with Crippen LogP contribution in [0.15, 0.2) is 59.3 Å². The van der Waals surface area contributed by atoms with E-state index < -0.39 is 0 Å². The Morgan fingerprint density at radius 2 is 1.91 bits per heavy atom. The van der Waals surface area contributed by atoms with Gasteiger partial charge in [-0.1, -0.05) is 17.3 Å². The Morgan fingerprint density at radius 3 is 2.65 bits per heavy atom. The van der Waals surface area contributed by atoms with E-state index in [1.165, 1.54) is 24.4 Å². The van der Waals surface area contributed by atoms with Crippen LogP contribution in [0.4, 0.5) is 0 Å². The summed E-state index contributed by atoms with van der Waals surface area (Å²) in [4.78, 5) is 12.1. The highest BCUT2D eigenvalue weighted by Gasteiger charge is 2.13. The summed E-state index contributed by atoms with van der Waals surface area (Å²) in [5.41, 5.74) is 0.934. The zero-order chi connectivity index (χ0) is 16.2. The maximum absolute atomic E-state index is 12.1. The molecule has 2 N–H and O–H groups in total. The Labute approximate surface area is 131 Å². The molecule has 0 unspecified atom stereocenters. The molecule has 23 heavy (non-hydrogen) atoms. The van der Waals surface area contributed by atoms with Crippen LogP contribution >= 0.6 is 0 Å². The smallest absolute Gasteiger partial charge is 0.200 e. The molecule has 0 amide bonds. The highest BCUT2D eigenvalue weighted by Crippen LogP contribution is 2.30. The van der Waals surface area contributed by atoms with Gasteiger partial charge in [0.05, 0.1) is 11.8 Å². The molecule has 0 aliphatic carbocycles. The molecule has 116 valence electrons. The molecule has 3 aromatic rings. The number of hydrogen-bond acceptors (Lipinski definition) is 6. The van der Waals surface area contributed by atoms with Crippen molar-refractivity contribution < 1.29 is 24.3 Å². The van der Waals surface area contributed by atoms with Crippen LogP contribution in [0.1, 0.15) is 10.4 Å². The molecule has 0 atom stereocenters. The Hall–Kier alpha value is -3.28. The molecule has 3 rings (SSSR count). The minimum atomic E-state index is -0.349. The Balaban J connectivity index is 1.76.